The highest BCUT2D eigenvalue weighted by atomic mass is 32.2. The number of nitrogens with zero attached hydrogens (tertiary/aromatic N) is 1. The molecule has 0 heterocycles. The number of hydrogen-bond donors (Lipinski definition) is 1. The number of rotatable bonds is 9. The maximum atomic E-state index is 12.3. The molecule has 0 radical (unpaired) electrons. The van der Waals surface area contributed by atoms with E-state index in [1.165, 1.54) is 4.31 Å². The van der Waals surface area contributed by atoms with Crippen LogP contribution in [0.1, 0.15) is 24.5 Å². The van der Waals surface area contributed by atoms with Crippen molar-refractivity contribution in [2.24, 2.45) is 0 Å². The van der Waals surface area contributed by atoms with Crippen molar-refractivity contribution < 1.29 is 17.9 Å². The Bertz CT molecular complexity index is 864. The van der Waals surface area contributed by atoms with Gasteiger partial charge in [0.15, 0.2) is 0 Å². The predicted molar refractivity (Wildman–Crippen MR) is 107 cm³/mol. The van der Waals surface area contributed by atoms with Crippen LogP contribution in [0.15, 0.2) is 48.5 Å². The van der Waals surface area contributed by atoms with Crippen molar-refractivity contribution in [1.82, 2.24) is 4.31 Å². The summed E-state index contributed by atoms with van der Waals surface area (Å²) in [5.74, 6) is 0.327. The average Bonchev–Trinajstić information content (AvgIpc) is 2.61. The lowest BCUT2D eigenvalue weighted by molar-refractivity contribution is -0.116. The summed E-state index contributed by atoms with van der Waals surface area (Å²) in [5, 5.41) is 2.79. The Morgan fingerprint density at radius 3 is 2.41 bits per heavy atom. The zero-order valence-electron chi connectivity index (χ0n) is 15.9. The Morgan fingerprint density at radius 1 is 1.11 bits per heavy atom. The zero-order chi connectivity index (χ0) is 19.9. The van der Waals surface area contributed by atoms with E-state index in [1.54, 1.807) is 18.2 Å². The first-order chi connectivity index (χ1) is 12.8. The molecule has 0 bridgehead atoms. The Labute approximate surface area is 161 Å². The van der Waals surface area contributed by atoms with E-state index in [2.05, 4.69) is 5.32 Å². The molecule has 6 nitrogen and oxygen atoms in total. The molecule has 1 N–H and O–H groups in total. The van der Waals surface area contributed by atoms with E-state index in [9.17, 15) is 13.2 Å². The largest absolute Gasteiger partial charge is 0.492 e. The van der Waals surface area contributed by atoms with Gasteiger partial charge in [-0.15, -0.1) is 0 Å². The first-order valence-corrected chi connectivity index (χ1v) is 10.7. The minimum atomic E-state index is -3.43. The van der Waals surface area contributed by atoms with Crippen molar-refractivity contribution in [3.63, 3.8) is 0 Å². The van der Waals surface area contributed by atoms with Gasteiger partial charge in [-0.25, -0.2) is 8.42 Å². The van der Waals surface area contributed by atoms with Crippen molar-refractivity contribution in [1.29, 1.82) is 0 Å². The van der Waals surface area contributed by atoms with Crippen LogP contribution in [0.5, 0.6) is 5.75 Å². The third-order valence-corrected chi connectivity index (χ3v) is 5.25. The number of ether oxygens (including phenoxy) is 1. The van der Waals surface area contributed by atoms with Crippen LogP contribution in [0, 0.1) is 6.92 Å². The van der Waals surface area contributed by atoms with E-state index < -0.39 is 10.0 Å². The van der Waals surface area contributed by atoms with Crippen LogP contribution in [-0.2, 0) is 21.4 Å². The lowest BCUT2D eigenvalue weighted by Gasteiger charge is -2.20. The number of sulfonamides is 1. The fourth-order valence-corrected chi connectivity index (χ4v) is 3.36. The maximum absolute atomic E-state index is 12.3. The Balaban J connectivity index is 2.00. The number of carbonyl (C=O) groups excluding carboxylic acids is 1. The van der Waals surface area contributed by atoms with Crippen LogP contribution < -0.4 is 10.1 Å². The lowest BCUT2D eigenvalue weighted by atomic mass is 10.1. The minimum absolute atomic E-state index is 0.0550. The number of benzene rings is 2. The second kappa shape index (κ2) is 9.53. The SMILES string of the molecule is CCOc1ccccc1NC(=O)CCN(Cc1ccc(C)cc1)S(C)(=O)=O. The molecule has 0 aliphatic rings. The number of carbonyl (C=O) groups is 1. The standard InChI is InChI=1S/C20H26N2O4S/c1-4-26-19-8-6-5-7-18(19)21-20(23)13-14-22(27(3,24)25)15-17-11-9-16(2)10-12-17/h5-12H,4,13-15H2,1-3H3,(H,21,23). The molecule has 27 heavy (non-hydrogen) atoms. The molecule has 0 aliphatic heterocycles. The molecule has 0 saturated carbocycles. The van der Waals surface area contributed by atoms with Gasteiger partial charge in [0.2, 0.25) is 15.9 Å². The van der Waals surface area contributed by atoms with Crippen LogP contribution in [0.2, 0.25) is 0 Å². The van der Waals surface area contributed by atoms with E-state index in [1.807, 2.05) is 44.2 Å². The van der Waals surface area contributed by atoms with E-state index in [4.69, 9.17) is 4.74 Å². The van der Waals surface area contributed by atoms with Gasteiger partial charge in [-0.2, -0.15) is 4.31 Å². The van der Waals surface area contributed by atoms with Crippen LogP contribution >= 0.6 is 0 Å². The highest BCUT2D eigenvalue weighted by Crippen LogP contribution is 2.23. The molecule has 0 fully saturated rings. The summed E-state index contributed by atoms with van der Waals surface area (Å²) in [6.07, 6.45) is 1.21. The molecule has 2 aromatic carbocycles. The number of nitrogens with one attached hydrogen (secondary N) is 1. The predicted octanol–water partition coefficient (Wildman–Crippen LogP) is 3.18. The van der Waals surface area contributed by atoms with Gasteiger partial charge in [-0.1, -0.05) is 42.0 Å². The van der Waals surface area contributed by atoms with Crippen LogP contribution in [0.4, 0.5) is 5.69 Å². The van der Waals surface area contributed by atoms with Gasteiger partial charge in [0, 0.05) is 19.5 Å². The van der Waals surface area contributed by atoms with E-state index in [0.717, 1.165) is 17.4 Å². The first-order valence-electron chi connectivity index (χ1n) is 8.82. The van der Waals surface area contributed by atoms with Crippen LogP contribution in [0.25, 0.3) is 0 Å². The van der Waals surface area contributed by atoms with Crippen LogP contribution in [0.3, 0.4) is 0 Å². The molecule has 0 aliphatic carbocycles. The monoisotopic (exact) mass is 390 g/mol. The first kappa shape index (κ1) is 20.9. The van der Waals surface area contributed by atoms with Crippen molar-refractivity contribution in [2.75, 3.05) is 24.7 Å². The van der Waals surface area contributed by atoms with Crippen molar-refractivity contribution in [3.8, 4) is 5.75 Å². The molecular formula is C20H26N2O4S. The molecule has 0 unspecified atom stereocenters. The van der Waals surface area contributed by atoms with Gasteiger partial charge in [-0.05, 0) is 31.5 Å². The molecule has 0 spiro atoms. The molecule has 0 saturated heterocycles. The Hall–Kier alpha value is -2.38. The van der Waals surface area contributed by atoms with Gasteiger partial charge in [0.05, 0.1) is 18.6 Å². The second-order valence-electron chi connectivity index (χ2n) is 6.31. The molecule has 1 amide bonds. The van der Waals surface area contributed by atoms with Crippen molar-refractivity contribution >= 4 is 21.6 Å². The van der Waals surface area contributed by atoms with Gasteiger partial charge in [-0.3, -0.25) is 4.79 Å². The van der Waals surface area contributed by atoms with Gasteiger partial charge in [0.25, 0.3) is 0 Å². The molecule has 2 aromatic rings. The lowest BCUT2D eigenvalue weighted by Crippen LogP contribution is -2.32. The quantitative estimate of drug-likeness (QED) is 0.713. The Kier molecular flexibility index (Phi) is 7.38. The average molecular weight is 391 g/mol. The molecule has 2 rings (SSSR count). The zero-order valence-corrected chi connectivity index (χ0v) is 16.8. The summed E-state index contributed by atoms with van der Waals surface area (Å²) in [7, 11) is -3.43. The number of hydrogen-bond acceptors (Lipinski definition) is 4. The van der Waals surface area contributed by atoms with Crippen molar-refractivity contribution in [3.05, 3.63) is 59.7 Å². The summed E-state index contributed by atoms with van der Waals surface area (Å²) < 4.78 is 31.0. The van der Waals surface area contributed by atoms with E-state index >= 15 is 0 Å². The molecule has 146 valence electrons. The molecule has 0 aromatic heterocycles. The fraction of sp³-hybridized carbons (Fsp3) is 0.350. The molecule has 0 atom stereocenters. The number of anilines is 1. The van der Waals surface area contributed by atoms with Gasteiger partial charge in [0.1, 0.15) is 5.75 Å². The van der Waals surface area contributed by atoms with Gasteiger partial charge >= 0.3 is 0 Å². The molecule has 7 heteroatoms. The normalized spacial score (nSPS) is 11.4. The van der Waals surface area contributed by atoms with Gasteiger partial charge < -0.3 is 10.1 Å². The third kappa shape index (κ3) is 6.69. The number of para-hydroxylation sites is 2. The maximum Gasteiger partial charge on any atom is 0.225 e. The van der Waals surface area contributed by atoms with E-state index in [-0.39, 0.29) is 25.4 Å². The highest BCUT2D eigenvalue weighted by Gasteiger charge is 2.18. The number of amides is 1. The third-order valence-electron chi connectivity index (χ3n) is 4.00. The Morgan fingerprint density at radius 2 is 1.78 bits per heavy atom. The minimum Gasteiger partial charge on any atom is -0.492 e. The summed E-state index contributed by atoms with van der Waals surface area (Å²) in [4.78, 5) is 12.3. The van der Waals surface area contributed by atoms with Crippen molar-refractivity contribution in [2.45, 2.75) is 26.8 Å². The van der Waals surface area contributed by atoms with Crippen LogP contribution in [-0.4, -0.2) is 38.0 Å². The summed E-state index contributed by atoms with van der Waals surface area (Å²) in [6, 6.07) is 14.8. The molecular weight excluding hydrogens is 364 g/mol. The fourth-order valence-electron chi connectivity index (χ4n) is 2.55. The summed E-state index contributed by atoms with van der Waals surface area (Å²) in [5.41, 5.74) is 2.57. The van der Waals surface area contributed by atoms with E-state index in [0.29, 0.717) is 18.0 Å². The highest BCUT2D eigenvalue weighted by molar-refractivity contribution is 7.88. The topological polar surface area (TPSA) is 75.7 Å². The number of aryl methyl sites for hydroxylation is 1. The smallest absolute Gasteiger partial charge is 0.225 e. The second-order valence-corrected chi connectivity index (χ2v) is 8.29. The summed E-state index contributed by atoms with van der Waals surface area (Å²) >= 11 is 0. The summed E-state index contributed by atoms with van der Waals surface area (Å²) in [6.45, 7) is 4.68.